The Hall–Kier alpha value is -0.393. The standard InChI is InChI=1S/C17H36N2O2Si/c1-13(2)22(14(3)4,15(5)6)19-10-9-18(12-19)11-16(7)17(20)21-8/h13-16H,9-12H2,1-8H3. The molecule has 0 aromatic carbocycles. The van der Waals surface area contributed by atoms with E-state index in [-0.39, 0.29) is 11.9 Å². The molecule has 0 aromatic rings. The molecule has 0 spiro atoms. The maximum atomic E-state index is 11.6. The smallest absolute Gasteiger partial charge is 0.309 e. The van der Waals surface area contributed by atoms with Crippen molar-refractivity contribution >= 4 is 14.2 Å². The first-order valence-corrected chi connectivity index (χ1v) is 10.9. The summed E-state index contributed by atoms with van der Waals surface area (Å²) in [6, 6.07) is 0. The van der Waals surface area contributed by atoms with E-state index in [9.17, 15) is 4.79 Å². The van der Waals surface area contributed by atoms with Crippen molar-refractivity contribution in [1.82, 2.24) is 9.47 Å². The molecule has 130 valence electrons. The van der Waals surface area contributed by atoms with Crippen LogP contribution >= 0.6 is 0 Å². The molecule has 22 heavy (non-hydrogen) atoms. The van der Waals surface area contributed by atoms with Crippen molar-refractivity contribution in [3.8, 4) is 0 Å². The third-order valence-electron chi connectivity index (χ3n) is 5.51. The Kier molecular flexibility index (Phi) is 7.08. The van der Waals surface area contributed by atoms with Crippen LogP contribution in [0.3, 0.4) is 0 Å². The molecule has 0 N–H and O–H groups in total. The summed E-state index contributed by atoms with van der Waals surface area (Å²) in [5.41, 5.74) is 2.22. The fraction of sp³-hybridized carbons (Fsp3) is 0.941. The summed E-state index contributed by atoms with van der Waals surface area (Å²) < 4.78 is 7.65. The molecule has 0 bridgehead atoms. The van der Waals surface area contributed by atoms with Crippen LogP contribution in [-0.2, 0) is 9.53 Å². The molecule has 4 nitrogen and oxygen atoms in total. The molecule has 0 radical (unpaired) electrons. The predicted octanol–water partition coefficient (Wildman–Crippen LogP) is 3.55. The molecule has 0 aromatic heterocycles. The van der Waals surface area contributed by atoms with Crippen molar-refractivity contribution in [3.63, 3.8) is 0 Å². The van der Waals surface area contributed by atoms with E-state index in [4.69, 9.17) is 4.74 Å². The molecular formula is C17H36N2O2Si. The fourth-order valence-electron chi connectivity index (χ4n) is 4.87. The van der Waals surface area contributed by atoms with Gasteiger partial charge in [0.05, 0.1) is 13.0 Å². The average molecular weight is 329 g/mol. The second-order valence-corrected chi connectivity index (χ2v) is 13.6. The summed E-state index contributed by atoms with van der Waals surface area (Å²) >= 11 is 0. The van der Waals surface area contributed by atoms with Crippen LogP contribution in [0.5, 0.6) is 0 Å². The lowest BCUT2D eigenvalue weighted by molar-refractivity contribution is -0.145. The van der Waals surface area contributed by atoms with Gasteiger partial charge in [0.2, 0.25) is 0 Å². The van der Waals surface area contributed by atoms with Crippen molar-refractivity contribution in [2.75, 3.05) is 33.4 Å². The summed E-state index contributed by atoms with van der Waals surface area (Å²) in [6.45, 7) is 20.5. The molecule has 1 aliphatic heterocycles. The van der Waals surface area contributed by atoms with Crippen molar-refractivity contribution < 1.29 is 9.53 Å². The lowest BCUT2D eigenvalue weighted by Gasteiger charge is -2.49. The number of hydrogen-bond donors (Lipinski definition) is 0. The first-order chi connectivity index (χ1) is 10.2. The van der Waals surface area contributed by atoms with Gasteiger partial charge >= 0.3 is 5.97 Å². The minimum atomic E-state index is -1.55. The number of methoxy groups -OCH3 is 1. The van der Waals surface area contributed by atoms with Crippen LogP contribution in [0.15, 0.2) is 0 Å². The second-order valence-electron chi connectivity index (χ2n) is 7.76. The molecule has 0 saturated carbocycles. The Balaban J connectivity index is 2.83. The maximum Gasteiger partial charge on any atom is 0.309 e. The monoisotopic (exact) mass is 328 g/mol. The minimum Gasteiger partial charge on any atom is -0.469 e. The van der Waals surface area contributed by atoms with Gasteiger partial charge in [-0.1, -0.05) is 48.5 Å². The Morgan fingerprint density at radius 3 is 1.91 bits per heavy atom. The summed E-state index contributed by atoms with van der Waals surface area (Å²) in [6.07, 6.45) is 0. The van der Waals surface area contributed by atoms with E-state index < -0.39 is 8.24 Å². The van der Waals surface area contributed by atoms with Gasteiger partial charge < -0.3 is 9.30 Å². The molecule has 5 heteroatoms. The van der Waals surface area contributed by atoms with Gasteiger partial charge in [-0.05, 0) is 16.6 Å². The highest BCUT2D eigenvalue weighted by atomic mass is 28.3. The Morgan fingerprint density at radius 2 is 1.50 bits per heavy atom. The first-order valence-electron chi connectivity index (χ1n) is 8.73. The van der Waals surface area contributed by atoms with Crippen LogP contribution in [0, 0.1) is 5.92 Å². The Morgan fingerprint density at radius 1 is 1.00 bits per heavy atom. The zero-order valence-electron chi connectivity index (χ0n) is 15.8. The topological polar surface area (TPSA) is 32.8 Å². The van der Waals surface area contributed by atoms with Crippen LogP contribution in [0.4, 0.5) is 0 Å². The molecule has 1 atom stereocenters. The number of carbonyl (C=O) groups is 1. The van der Waals surface area contributed by atoms with E-state index in [0.717, 1.165) is 42.9 Å². The van der Waals surface area contributed by atoms with Gasteiger partial charge in [0.1, 0.15) is 8.24 Å². The van der Waals surface area contributed by atoms with E-state index in [0.29, 0.717) is 0 Å². The molecule has 1 heterocycles. The highest BCUT2D eigenvalue weighted by Crippen LogP contribution is 2.44. The summed E-state index contributed by atoms with van der Waals surface area (Å²) in [5, 5.41) is 0. The predicted molar refractivity (Wildman–Crippen MR) is 95.4 cm³/mol. The van der Waals surface area contributed by atoms with Gasteiger partial charge in [-0.15, -0.1) is 0 Å². The molecule has 1 fully saturated rings. The van der Waals surface area contributed by atoms with Crippen LogP contribution in [0.2, 0.25) is 16.6 Å². The summed E-state index contributed by atoms with van der Waals surface area (Å²) in [4.78, 5) is 14.1. The number of esters is 1. The van der Waals surface area contributed by atoms with E-state index in [1.165, 1.54) is 7.11 Å². The molecule has 0 aliphatic carbocycles. The van der Waals surface area contributed by atoms with Crippen LogP contribution < -0.4 is 0 Å². The first kappa shape index (κ1) is 19.7. The number of hydrogen-bond acceptors (Lipinski definition) is 4. The van der Waals surface area contributed by atoms with Crippen molar-refractivity contribution in [3.05, 3.63) is 0 Å². The van der Waals surface area contributed by atoms with Crippen molar-refractivity contribution in [1.29, 1.82) is 0 Å². The Labute approximate surface area is 138 Å². The lowest BCUT2D eigenvalue weighted by atomic mass is 10.2. The van der Waals surface area contributed by atoms with E-state index in [1.807, 2.05) is 6.92 Å². The van der Waals surface area contributed by atoms with E-state index >= 15 is 0 Å². The number of ether oxygens (including phenoxy) is 1. The Bertz CT molecular complexity index is 350. The van der Waals surface area contributed by atoms with Crippen molar-refractivity contribution in [2.24, 2.45) is 5.92 Å². The highest BCUT2D eigenvalue weighted by molar-refractivity contribution is 6.81. The van der Waals surface area contributed by atoms with Gasteiger partial charge in [-0.2, -0.15) is 0 Å². The second kappa shape index (κ2) is 7.93. The van der Waals surface area contributed by atoms with Crippen LogP contribution in [0.25, 0.3) is 0 Å². The minimum absolute atomic E-state index is 0.0434. The van der Waals surface area contributed by atoms with Gasteiger partial charge in [0.15, 0.2) is 0 Å². The van der Waals surface area contributed by atoms with E-state index in [1.54, 1.807) is 0 Å². The molecule has 1 rings (SSSR count). The zero-order chi connectivity index (χ0) is 17.1. The number of rotatable bonds is 7. The normalized spacial score (nSPS) is 19.4. The molecule has 1 unspecified atom stereocenters. The molecular weight excluding hydrogens is 292 g/mol. The molecule has 1 aliphatic rings. The summed E-state index contributed by atoms with van der Waals surface area (Å²) in [5.74, 6) is -0.142. The van der Waals surface area contributed by atoms with Crippen molar-refractivity contribution in [2.45, 2.75) is 65.1 Å². The van der Waals surface area contributed by atoms with Crippen LogP contribution in [-0.4, -0.2) is 57.1 Å². The van der Waals surface area contributed by atoms with Gasteiger partial charge in [-0.3, -0.25) is 9.69 Å². The largest absolute Gasteiger partial charge is 0.469 e. The number of carbonyl (C=O) groups excluding carboxylic acids is 1. The van der Waals surface area contributed by atoms with Crippen LogP contribution in [0.1, 0.15) is 48.5 Å². The quantitative estimate of drug-likeness (QED) is 0.528. The van der Waals surface area contributed by atoms with Gasteiger partial charge in [0.25, 0.3) is 0 Å². The molecule has 1 saturated heterocycles. The third-order valence-corrected chi connectivity index (χ3v) is 12.5. The maximum absolute atomic E-state index is 11.6. The lowest BCUT2D eigenvalue weighted by Crippen LogP contribution is -2.59. The average Bonchev–Trinajstić information content (AvgIpc) is 2.85. The fourth-order valence-corrected chi connectivity index (χ4v) is 12.0. The number of nitrogens with zero attached hydrogens (tertiary/aromatic N) is 2. The van der Waals surface area contributed by atoms with Gasteiger partial charge in [0, 0.05) is 26.3 Å². The summed E-state index contributed by atoms with van der Waals surface area (Å²) in [7, 11) is -0.0718. The van der Waals surface area contributed by atoms with E-state index in [2.05, 4.69) is 51.0 Å². The molecule has 0 amide bonds. The van der Waals surface area contributed by atoms with Gasteiger partial charge in [-0.25, -0.2) is 0 Å². The SMILES string of the molecule is COC(=O)C(C)CN1CCN([Si](C(C)C)(C(C)C)C(C)C)C1. The highest BCUT2D eigenvalue weighted by Gasteiger charge is 2.49. The zero-order valence-corrected chi connectivity index (χ0v) is 16.8. The third kappa shape index (κ3) is 3.74.